The second kappa shape index (κ2) is 11.4. The van der Waals surface area contributed by atoms with E-state index in [0.717, 1.165) is 0 Å². The van der Waals surface area contributed by atoms with Crippen molar-refractivity contribution in [1.82, 2.24) is 4.90 Å². The number of piperidine rings is 1. The van der Waals surface area contributed by atoms with E-state index in [1.807, 2.05) is 7.05 Å². The number of hydrogen-bond donors (Lipinski definition) is 2. The average Bonchev–Trinajstić information content (AvgIpc) is 2.30. The van der Waals surface area contributed by atoms with Gasteiger partial charge >= 0.3 is 33.0 Å². The van der Waals surface area contributed by atoms with Crippen molar-refractivity contribution in [2.24, 2.45) is 5.92 Å². The van der Waals surface area contributed by atoms with Gasteiger partial charge in [0, 0.05) is 0 Å². The Morgan fingerprint density at radius 1 is 1.26 bits per heavy atom. The molecule has 0 spiro atoms. The molecule has 0 aliphatic carbocycles. The average molecular weight is 454 g/mol. The molecule has 2 N–H and O–H groups in total. The van der Waals surface area contributed by atoms with E-state index < -0.39 is 17.9 Å². The second-order valence-corrected chi connectivity index (χ2v) is 4.43. The molecule has 0 aromatic rings. The Bertz CT molecular complexity index is 254. The van der Waals surface area contributed by atoms with E-state index in [1.165, 1.54) is 32.9 Å². The number of nitrogens with zero attached hydrogens (tertiary/aromatic N) is 2. The molecule has 1 aliphatic heterocycles. The summed E-state index contributed by atoms with van der Waals surface area (Å²) >= 11 is 0. The summed E-state index contributed by atoms with van der Waals surface area (Å²) in [6, 6.07) is 0.654. The maximum Gasteiger partial charge on any atom is 2.00 e. The fourth-order valence-electron chi connectivity index (χ4n) is 1.71. The van der Waals surface area contributed by atoms with Crippen LogP contribution in [0, 0.1) is 5.92 Å². The van der Waals surface area contributed by atoms with Crippen molar-refractivity contribution in [3.8, 4) is 0 Å². The maximum atomic E-state index is 9.99. The summed E-state index contributed by atoms with van der Waals surface area (Å²) in [5, 5.41) is 20.6. The molecule has 0 saturated carbocycles. The van der Waals surface area contributed by atoms with Gasteiger partial charge < -0.3 is 20.4 Å². The van der Waals surface area contributed by atoms with Gasteiger partial charge in [0.05, 0.1) is 0 Å². The molecule has 114 valence electrons. The molecule has 1 saturated heterocycles. The Morgan fingerprint density at radius 3 is 1.89 bits per heavy atom. The molecule has 7 heteroatoms. The fraction of sp³-hybridized carbons (Fsp3) is 0.833. The Hall–Kier alpha value is -0.452. The van der Waals surface area contributed by atoms with Crippen LogP contribution in [0.1, 0.15) is 26.2 Å². The fourth-order valence-corrected chi connectivity index (χ4v) is 1.71. The minimum absolute atomic E-state index is 0. The van der Waals surface area contributed by atoms with Crippen LogP contribution in [-0.4, -0.2) is 60.3 Å². The molecule has 1 fully saturated rings. The second-order valence-electron chi connectivity index (χ2n) is 4.43. The maximum absolute atomic E-state index is 9.99. The monoisotopic (exact) mass is 454 g/mol. The molecule has 1 aliphatic rings. The summed E-state index contributed by atoms with van der Waals surface area (Å²) in [6.07, 6.45) is 2.64. The van der Waals surface area contributed by atoms with Crippen LogP contribution in [0.3, 0.4) is 0 Å². The minimum atomic E-state index is -1.27. The Morgan fingerprint density at radius 2 is 1.68 bits per heavy atom. The third kappa shape index (κ3) is 9.14. The molecule has 1 rings (SSSR count). The van der Waals surface area contributed by atoms with Crippen molar-refractivity contribution in [2.75, 3.05) is 27.2 Å². The van der Waals surface area contributed by atoms with Gasteiger partial charge in [-0.05, 0) is 26.6 Å². The topological polar surface area (TPSA) is 91.9 Å². The van der Waals surface area contributed by atoms with E-state index in [4.69, 9.17) is 10.2 Å². The van der Waals surface area contributed by atoms with Crippen LogP contribution in [0.2, 0.25) is 0 Å². The standard InChI is InChI=1S/C7H15N2.C5H8O4.Pt/c1-8-7-3-5-9(2)6-4-7;1-2-3(4(6)7)5(8)9;/h7H,3-6H2,1-2H3;3H,2H2,1H3,(H,6,7)(H,8,9);/q-1;;+2. The van der Waals surface area contributed by atoms with E-state index >= 15 is 0 Å². The number of hydrogen-bond acceptors (Lipinski definition) is 3. The first kappa shape index (κ1) is 20.9. The summed E-state index contributed by atoms with van der Waals surface area (Å²) < 4.78 is 0. The Balaban J connectivity index is 0. The number of rotatable bonds is 4. The third-order valence-electron chi connectivity index (χ3n) is 3.06. The van der Waals surface area contributed by atoms with Gasteiger partial charge in [-0.15, -0.1) is 6.04 Å². The first-order valence-corrected chi connectivity index (χ1v) is 6.15. The van der Waals surface area contributed by atoms with E-state index in [0.29, 0.717) is 6.04 Å². The molecule has 6 nitrogen and oxygen atoms in total. The molecule has 0 atom stereocenters. The molecular formula is C12H23N2O4Pt+. The number of carbonyl (C=O) groups is 2. The zero-order chi connectivity index (χ0) is 14.1. The van der Waals surface area contributed by atoms with Crippen LogP contribution >= 0.6 is 0 Å². The zero-order valence-electron chi connectivity index (χ0n) is 11.6. The SMILES string of the molecule is CCC(C(=O)O)C(=O)O.C[N-]C1CCN(C)CC1.[Pt+2]. The molecule has 0 aromatic heterocycles. The molecule has 0 radical (unpaired) electrons. The van der Waals surface area contributed by atoms with Crippen LogP contribution < -0.4 is 0 Å². The molecular weight excluding hydrogens is 431 g/mol. The summed E-state index contributed by atoms with van der Waals surface area (Å²) in [7, 11) is 4.10. The van der Waals surface area contributed by atoms with Gasteiger partial charge in [-0.1, -0.05) is 19.8 Å². The van der Waals surface area contributed by atoms with Crippen molar-refractivity contribution < 1.29 is 40.9 Å². The largest absolute Gasteiger partial charge is 2.00 e. The number of carboxylic acids is 2. The molecule has 0 bridgehead atoms. The Kier molecular flexibility index (Phi) is 12.5. The summed E-state index contributed by atoms with van der Waals surface area (Å²) in [6.45, 7) is 3.97. The summed E-state index contributed by atoms with van der Waals surface area (Å²) in [5.74, 6) is -3.79. The van der Waals surface area contributed by atoms with E-state index in [1.54, 1.807) is 0 Å². The van der Waals surface area contributed by atoms with Crippen molar-refractivity contribution >= 4 is 11.9 Å². The summed E-state index contributed by atoms with van der Waals surface area (Å²) in [5.41, 5.74) is 0. The van der Waals surface area contributed by atoms with E-state index in [-0.39, 0.29) is 27.5 Å². The smallest absolute Gasteiger partial charge is 0.662 e. The minimum Gasteiger partial charge on any atom is -0.662 e. The molecule has 0 amide bonds. The van der Waals surface area contributed by atoms with Crippen molar-refractivity contribution in [1.29, 1.82) is 0 Å². The van der Waals surface area contributed by atoms with Gasteiger partial charge in [-0.3, -0.25) is 9.59 Å². The van der Waals surface area contributed by atoms with Crippen LogP contribution in [0.15, 0.2) is 0 Å². The number of likely N-dealkylation sites (tertiary alicyclic amines) is 1. The van der Waals surface area contributed by atoms with Crippen molar-refractivity contribution in [3.05, 3.63) is 5.32 Å². The van der Waals surface area contributed by atoms with Gasteiger partial charge in [-0.25, -0.2) is 0 Å². The van der Waals surface area contributed by atoms with Crippen LogP contribution in [-0.2, 0) is 30.7 Å². The third-order valence-corrected chi connectivity index (χ3v) is 3.06. The predicted molar refractivity (Wildman–Crippen MR) is 68.9 cm³/mol. The number of aliphatic carboxylic acids is 2. The van der Waals surface area contributed by atoms with Crippen molar-refractivity contribution in [3.63, 3.8) is 0 Å². The first-order chi connectivity index (χ1) is 8.42. The van der Waals surface area contributed by atoms with E-state index in [2.05, 4.69) is 17.3 Å². The van der Waals surface area contributed by atoms with E-state index in [9.17, 15) is 9.59 Å². The molecule has 0 unspecified atom stereocenters. The van der Waals surface area contributed by atoms with Gasteiger partial charge in [0.1, 0.15) is 0 Å². The van der Waals surface area contributed by atoms with Gasteiger partial charge in [0.25, 0.3) is 0 Å². The van der Waals surface area contributed by atoms with Gasteiger partial charge in [0.15, 0.2) is 5.92 Å². The van der Waals surface area contributed by atoms with Crippen molar-refractivity contribution in [2.45, 2.75) is 32.2 Å². The van der Waals surface area contributed by atoms with Crippen LogP contribution in [0.25, 0.3) is 5.32 Å². The van der Waals surface area contributed by atoms with Gasteiger partial charge in [0.2, 0.25) is 0 Å². The van der Waals surface area contributed by atoms with Gasteiger partial charge in [-0.2, -0.15) is 7.05 Å². The number of carboxylic acid groups (broad SMARTS) is 2. The zero-order valence-corrected chi connectivity index (χ0v) is 13.9. The Labute approximate surface area is 128 Å². The molecule has 19 heavy (non-hydrogen) atoms. The first-order valence-electron chi connectivity index (χ1n) is 6.15. The van der Waals surface area contributed by atoms with Crippen LogP contribution in [0.5, 0.6) is 0 Å². The normalized spacial score (nSPS) is 16.2. The summed E-state index contributed by atoms with van der Waals surface area (Å²) in [4.78, 5) is 22.3. The molecule has 0 aromatic carbocycles. The van der Waals surface area contributed by atoms with Crippen LogP contribution in [0.4, 0.5) is 0 Å². The quantitative estimate of drug-likeness (QED) is 0.625. The predicted octanol–water partition coefficient (Wildman–Crippen LogP) is 1.26. The molecule has 1 heterocycles.